The summed E-state index contributed by atoms with van der Waals surface area (Å²) in [4.78, 5) is 26.1. The Bertz CT molecular complexity index is 621. The average Bonchev–Trinajstić information content (AvgIpc) is 3.05. The van der Waals surface area contributed by atoms with Gasteiger partial charge in [0.1, 0.15) is 6.26 Å². The lowest BCUT2D eigenvalue weighted by atomic mass is 10.2. The standard InChI is InChI=1S/C18H22N2O3/c1-14(2)19-17(21)8-10-20(12-15-6-4-3-5-7-15)18(22)16-9-11-23-13-16/h3-7,9,11,13-14H,8,10,12H2,1-2H3,(H,19,21). The number of rotatable bonds is 7. The zero-order chi connectivity index (χ0) is 16.7. The molecule has 0 aliphatic heterocycles. The van der Waals surface area contributed by atoms with E-state index in [0.717, 1.165) is 5.56 Å². The van der Waals surface area contributed by atoms with Gasteiger partial charge in [0.15, 0.2) is 0 Å². The van der Waals surface area contributed by atoms with Crippen LogP contribution in [0.3, 0.4) is 0 Å². The minimum Gasteiger partial charge on any atom is -0.472 e. The maximum Gasteiger partial charge on any atom is 0.257 e. The van der Waals surface area contributed by atoms with E-state index in [-0.39, 0.29) is 24.3 Å². The molecule has 0 spiro atoms. The molecule has 0 aliphatic carbocycles. The zero-order valence-corrected chi connectivity index (χ0v) is 13.5. The first-order valence-corrected chi connectivity index (χ1v) is 7.71. The highest BCUT2D eigenvalue weighted by Gasteiger charge is 2.18. The quantitative estimate of drug-likeness (QED) is 0.855. The van der Waals surface area contributed by atoms with Gasteiger partial charge in [-0.2, -0.15) is 0 Å². The van der Waals surface area contributed by atoms with Crippen molar-refractivity contribution in [2.75, 3.05) is 6.54 Å². The molecule has 2 aromatic rings. The second-order valence-electron chi connectivity index (χ2n) is 5.70. The van der Waals surface area contributed by atoms with E-state index in [4.69, 9.17) is 4.42 Å². The second-order valence-corrected chi connectivity index (χ2v) is 5.70. The van der Waals surface area contributed by atoms with E-state index in [1.807, 2.05) is 44.2 Å². The molecule has 0 saturated heterocycles. The van der Waals surface area contributed by atoms with Crippen molar-refractivity contribution < 1.29 is 14.0 Å². The zero-order valence-electron chi connectivity index (χ0n) is 13.5. The van der Waals surface area contributed by atoms with Crippen LogP contribution < -0.4 is 5.32 Å². The third-order valence-electron chi connectivity index (χ3n) is 3.33. The third kappa shape index (κ3) is 5.29. The summed E-state index contributed by atoms with van der Waals surface area (Å²) in [5.74, 6) is -0.196. The second kappa shape index (κ2) is 8.17. The number of benzene rings is 1. The van der Waals surface area contributed by atoms with Crippen molar-refractivity contribution in [2.24, 2.45) is 0 Å². The number of hydrogen-bond acceptors (Lipinski definition) is 3. The summed E-state index contributed by atoms with van der Waals surface area (Å²) in [5.41, 5.74) is 1.51. The SMILES string of the molecule is CC(C)NC(=O)CCN(Cc1ccccc1)C(=O)c1ccoc1. The van der Waals surface area contributed by atoms with Crippen molar-refractivity contribution in [1.82, 2.24) is 10.2 Å². The molecule has 1 N–H and O–H groups in total. The minimum atomic E-state index is -0.139. The highest BCUT2D eigenvalue weighted by molar-refractivity contribution is 5.94. The van der Waals surface area contributed by atoms with Gasteiger partial charge in [0.2, 0.25) is 5.91 Å². The lowest BCUT2D eigenvalue weighted by molar-refractivity contribution is -0.121. The minimum absolute atomic E-state index is 0.0574. The van der Waals surface area contributed by atoms with Crippen LogP contribution in [0.15, 0.2) is 53.3 Å². The molecule has 0 radical (unpaired) electrons. The number of carbonyl (C=O) groups excluding carboxylic acids is 2. The van der Waals surface area contributed by atoms with Gasteiger partial charge in [0.25, 0.3) is 5.91 Å². The number of nitrogens with zero attached hydrogens (tertiary/aromatic N) is 1. The molecule has 2 rings (SSSR count). The van der Waals surface area contributed by atoms with Crippen LogP contribution in [-0.2, 0) is 11.3 Å². The molecule has 0 atom stereocenters. The first-order valence-electron chi connectivity index (χ1n) is 7.71. The van der Waals surface area contributed by atoms with E-state index in [9.17, 15) is 9.59 Å². The number of carbonyl (C=O) groups is 2. The van der Waals surface area contributed by atoms with Gasteiger partial charge in [-0.1, -0.05) is 30.3 Å². The molecule has 0 bridgehead atoms. The topological polar surface area (TPSA) is 62.6 Å². The molecular formula is C18H22N2O3. The maximum atomic E-state index is 12.6. The Morgan fingerprint density at radius 1 is 1.17 bits per heavy atom. The molecule has 23 heavy (non-hydrogen) atoms. The van der Waals surface area contributed by atoms with Crippen LogP contribution in [0.2, 0.25) is 0 Å². The molecule has 0 aliphatic rings. The number of furan rings is 1. The number of hydrogen-bond donors (Lipinski definition) is 1. The Kier molecular flexibility index (Phi) is 5.97. The predicted molar refractivity (Wildman–Crippen MR) is 87.8 cm³/mol. The Morgan fingerprint density at radius 2 is 1.91 bits per heavy atom. The van der Waals surface area contributed by atoms with Gasteiger partial charge in [0.05, 0.1) is 11.8 Å². The van der Waals surface area contributed by atoms with Crippen LogP contribution >= 0.6 is 0 Å². The fourth-order valence-electron chi connectivity index (χ4n) is 2.26. The Morgan fingerprint density at radius 3 is 2.52 bits per heavy atom. The lowest BCUT2D eigenvalue weighted by Gasteiger charge is -2.22. The Labute approximate surface area is 136 Å². The van der Waals surface area contributed by atoms with E-state index < -0.39 is 0 Å². The molecule has 1 aromatic heterocycles. The average molecular weight is 314 g/mol. The molecule has 1 aromatic carbocycles. The Hall–Kier alpha value is -2.56. The normalized spacial score (nSPS) is 10.6. The molecule has 0 unspecified atom stereocenters. The summed E-state index contributed by atoms with van der Waals surface area (Å²) in [6.07, 6.45) is 3.17. The van der Waals surface area contributed by atoms with E-state index in [0.29, 0.717) is 18.7 Å². The van der Waals surface area contributed by atoms with Gasteiger partial charge in [-0.15, -0.1) is 0 Å². The van der Waals surface area contributed by atoms with Gasteiger partial charge in [-0.05, 0) is 25.5 Å². The lowest BCUT2D eigenvalue weighted by Crippen LogP contribution is -2.36. The van der Waals surface area contributed by atoms with E-state index in [1.165, 1.54) is 12.5 Å². The molecule has 0 fully saturated rings. The van der Waals surface area contributed by atoms with Crippen molar-refractivity contribution in [3.63, 3.8) is 0 Å². The predicted octanol–water partition coefficient (Wildman–Crippen LogP) is 2.84. The molecule has 5 nitrogen and oxygen atoms in total. The summed E-state index contributed by atoms with van der Waals surface area (Å²) >= 11 is 0. The van der Waals surface area contributed by atoms with Crippen molar-refractivity contribution in [2.45, 2.75) is 32.9 Å². The highest BCUT2D eigenvalue weighted by atomic mass is 16.3. The monoisotopic (exact) mass is 314 g/mol. The summed E-state index contributed by atoms with van der Waals surface area (Å²) in [7, 11) is 0. The van der Waals surface area contributed by atoms with Crippen molar-refractivity contribution in [1.29, 1.82) is 0 Å². The first-order chi connectivity index (χ1) is 11.1. The smallest absolute Gasteiger partial charge is 0.257 e. The van der Waals surface area contributed by atoms with Gasteiger partial charge in [-0.25, -0.2) is 0 Å². The molecule has 5 heteroatoms. The first kappa shape index (κ1) is 16.8. The molecule has 0 saturated carbocycles. The number of amides is 2. The molecule has 2 amide bonds. The van der Waals surface area contributed by atoms with Gasteiger partial charge >= 0.3 is 0 Å². The van der Waals surface area contributed by atoms with Crippen molar-refractivity contribution in [3.05, 3.63) is 60.1 Å². The number of nitrogens with one attached hydrogen (secondary N) is 1. The van der Waals surface area contributed by atoms with Crippen LogP contribution in [0.4, 0.5) is 0 Å². The van der Waals surface area contributed by atoms with Gasteiger partial charge in [-0.3, -0.25) is 9.59 Å². The van der Waals surface area contributed by atoms with E-state index in [2.05, 4.69) is 5.32 Å². The fourth-order valence-corrected chi connectivity index (χ4v) is 2.26. The summed E-state index contributed by atoms with van der Waals surface area (Å²) in [5, 5.41) is 2.84. The summed E-state index contributed by atoms with van der Waals surface area (Å²) in [6.45, 7) is 4.64. The Balaban J connectivity index is 2.05. The molecular weight excluding hydrogens is 292 g/mol. The van der Waals surface area contributed by atoms with Crippen LogP contribution in [-0.4, -0.2) is 29.3 Å². The van der Waals surface area contributed by atoms with Crippen LogP contribution in [0, 0.1) is 0 Å². The van der Waals surface area contributed by atoms with Crippen molar-refractivity contribution >= 4 is 11.8 Å². The third-order valence-corrected chi connectivity index (χ3v) is 3.33. The summed E-state index contributed by atoms with van der Waals surface area (Å²) in [6, 6.07) is 11.4. The fraction of sp³-hybridized carbons (Fsp3) is 0.333. The molecule has 122 valence electrons. The van der Waals surface area contributed by atoms with Gasteiger partial charge < -0.3 is 14.6 Å². The van der Waals surface area contributed by atoms with Crippen LogP contribution in [0.1, 0.15) is 36.2 Å². The maximum absolute atomic E-state index is 12.6. The van der Waals surface area contributed by atoms with Crippen molar-refractivity contribution in [3.8, 4) is 0 Å². The van der Waals surface area contributed by atoms with Crippen LogP contribution in [0.25, 0.3) is 0 Å². The van der Waals surface area contributed by atoms with Crippen LogP contribution in [0.5, 0.6) is 0 Å². The molecule has 1 heterocycles. The largest absolute Gasteiger partial charge is 0.472 e. The highest BCUT2D eigenvalue weighted by Crippen LogP contribution is 2.11. The van der Waals surface area contributed by atoms with E-state index >= 15 is 0 Å². The summed E-state index contributed by atoms with van der Waals surface area (Å²) < 4.78 is 4.99. The van der Waals surface area contributed by atoms with E-state index in [1.54, 1.807) is 11.0 Å². The van der Waals surface area contributed by atoms with Gasteiger partial charge in [0, 0.05) is 25.6 Å².